The molecule has 0 heterocycles. The van der Waals surface area contributed by atoms with Crippen molar-refractivity contribution in [2.24, 2.45) is 11.3 Å². The summed E-state index contributed by atoms with van der Waals surface area (Å²) in [5.74, 6) is 0.173. The summed E-state index contributed by atoms with van der Waals surface area (Å²) in [6.45, 7) is 3.76. The first-order valence-electron chi connectivity index (χ1n) is 4.51. The molecule has 0 unspecified atom stereocenters. The van der Waals surface area contributed by atoms with Gasteiger partial charge in [0.1, 0.15) is 5.78 Å². The molecule has 0 aromatic carbocycles. The summed E-state index contributed by atoms with van der Waals surface area (Å²) in [5, 5.41) is 9.60. The van der Waals surface area contributed by atoms with Crippen molar-refractivity contribution in [2.45, 2.75) is 31.8 Å². The van der Waals surface area contributed by atoms with Crippen LogP contribution in [-0.4, -0.2) is 17.0 Å². The van der Waals surface area contributed by atoms with Crippen LogP contribution in [-0.2, 0) is 4.79 Å². The molecule has 2 nitrogen and oxygen atoms in total. The van der Waals surface area contributed by atoms with Crippen molar-refractivity contribution in [1.29, 1.82) is 0 Å². The number of aliphatic hydroxyl groups is 1. The van der Waals surface area contributed by atoms with Crippen LogP contribution in [0.15, 0.2) is 12.7 Å². The number of hydrogen-bond donors (Lipinski definition) is 1. The van der Waals surface area contributed by atoms with Crippen LogP contribution in [0.25, 0.3) is 0 Å². The molecule has 3 aliphatic rings. The molecule has 0 radical (unpaired) electrons. The van der Waals surface area contributed by atoms with Gasteiger partial charge in [-0.2, -0.15) is 0 Å². The minimum atomic E-state index is -0.405. The van der Waals surface area contributed by atoms with Crippen LogP contribution in [0.3, 0.4) is 0 Å². The first kappa shape index (κ1) is 7.99. The molecular formula is C10H14O2. The van der Waals surface area contributed by atoms with Gasteiger partial charge in [-0.3, -0.25) is 4.79 Å². The topological polar surface area (TPSA) is 37.3 Å². The third kappa shape index (κ3) is 0.944. The molecule has 0 aromatic heterocycles. The SMILES string of the molecule is C=C[C@@]12CC[C@@H](C(=O)C1)[C@@H](O)C2. The number of Topliss-reactive ketones (excluding diaryl/α,β-unsaturated/α-hetero) is 1. The highest BCUT2D eigenvalue weighted by atomic mass is 16.3. The van der Waals surface area contributed by atoms with E-state index in [1.54, 1.807) is 0 Å². The summed E-state index contributed by atoms with van der Waals surface area (Å²) in [6.07, 6.45) is 4.70. The summed E-state index contributed by atoms with van der Waals surface area (Å²) < 4.78 is 0. The molecule has 3 atom stereocenters. The average Bonchev–Trinajstić information content (AvgIpc) is 2.04. The minimum Gasteiger partial charge on any atom is -0.392 e. The molecule has 12 heavy (non-hydrogen) atoms. The second-order valence-corrected chi connectivity index (χ2v) is 4.13. The Morgan fingerprint density at radius 2 is 2.42 bits per heavy atom. The van der Waals surface area contributed by atoms with E-state index >= 15 is 0 Å². The minimum absolute atomic E-state index is 0.0631. The Balaban J connectivity index is 2.29. The fraction of sp³-hybridized carbons (Fsp3) is 0.700. The number of carbonyl (C=O) groups is 1. The van der Waals surface area contributed by atoms with Gasteiger partial charge in [0.15, 0.2) is 0 Å². The number of fused-ring (bicyclic) bond motifs is 3. The second-order valence-electron chi connectivity index (χ2n) is 4.13. The number of hydrogen-bond acceptors (Lipinski definition) is 2. The molecule has 0 aliphatic heterocycles. The molecule has 3 saturated carbocycles. The molecule has 0 spiro atoms. The van der Waals surface area contributed by atoms with E-state index in [1.165, 1.54) is 0 Å². The van der Waals surface area contributed by atoms with E-state index in [-0.39, 0.29) is 17.1 Å². The van der Waals surface area contributed by atoms with Gasteiger partial charge >= 0.3 is 0 Å². The van der Waals surface area contributed by atoms with E-state index in [1.807, 2.05) is 6.08 Å². The lowest BCUT2D eigenvalue weighted by Crippen LogP contribution is -2.47. The van der Waals surface area contributed by atoms with Crippen LogP contribution in [0.1, 0.15) is 25.7 Å². The van der Waals surface area contributed by atoms with Crippen molar-refractivity contribution in [3.63, 3.8) is 0 Å². The molecule has 0 saturated heterocycles. The summed E-state index contributed by atoms with van der Waals surface area (Å²) in [4.78, 5) is 11.4. The summed E-state index contributed by atoms with van der Waals surface area (Å²) in [6, 6.07) is 0. The Hall–Kier alpha value is -0.630. The Morgan fingerprint density at radius 1 is 1.67 bits per heavy atom. The molecular weight excluding hydrogens is 152 g/mol. The van der Waals surface area contributed by atoms with Crippen molar-refractivity contribution in [2.75, 3.05) is 0 Å². The van der Waals surface area contributed by atoms with Crippen molar-refractivity contribution in [3.05, 3.63) is 12.7 Å². The average molecular weight is 166 g/mol. The highest BCUT2D eigenvalue weighted by Gasteiger charge is 2.48. The maximum Gasteiger partial charge on any atom is 0.139 e. The first-order chi connectivity index (χ1) is 5.67. The molecule has 3 rings (SSSR count). The van der Waals surface area contributed by atoms with Gasteiger partial charge in [-0.05, 0) is 24.7 Å². The van der Waals surface area contributed by atoms with Gasteiger partial charge in [0.2, 0.25) is 0 Å². The Morgan fingerprint density at radius 3 is 2.92 bits per heavy atom. The van der Waals surface area contributed by atoms with E-state index in [0.717, 1.165) is 19.3 Å². The maximum absolute atomic E-state index is 11.4. The number of rotatable bonds is 1. The normalized spacial score (nSPS) is 46.2. The first-order valence-corrected chi connectivity index (χ1v) is 4.51. The maximum atomic E-state index is 11.4. The van der Waals surface area contributed by atoms with Crippen LogP contribution in [0, 0.1) is 11.3 Å². The molecule has 0 aromatic rings. The molecule has 3 aliphatic carbocycles. The Bertz CT molecular complexity index is 234. The van der Waals surface area contributed by atoms with Gasteiger partial charge in [0.05, 0.1) is 6.10 Å². The smallest absolute Gasteiger partial charge is 0.139 e. The lowest BCUT2D eigenvalue weighted by atomic mass is 9.59. The lowest BCUT2D eigenvalue weighted by Gasteiger charge is -2.46. The van der Waals surface area contributed by atoms with E-state index in [4.69, 9.17) is 0 Å². The fourth-order valence-electron chi connectivity index (χ4n) is 2.57. The standard InChI is InChI=1S/C10H14O2/c1-2-10-4-3-7(8(11)5-10)9(12)6-10/h2,7-8,11H,1,3-6H2/t7-,8+,10+/m1/s1. The van der Waals surface area contributed by atoms with E-state index < -0.39 is 6.10 Å². The number of ketones is 1. The van der Waals surface area contributed by atoms with E-state index in [2.05, 4.69) is 6.58 Å². The zero-order valence-corrected chi connectivity index (χ0v) is 7.12. The summed E-state index contributed by atoms with van der Waals surface area (Å²) in [5.41, 5.74) is -0.0642. The van der Waals surface area contributed by atoms with Crippen LogP contribution in [0.5, 0.6) is 0 Å². The molecule has 1 N–H and O–H groups in total. The largest absolute Gasteiger partial charge is 0.392 e. The third-order valence-corrected chi connectivity index (χ3v) is 3.41. The number of carbonyl (C=O) groups excluding carboxylic acids is 1. The van der Waals surface area contributed by atoms with Crippen LogP contribution in [0.4, 0.5) is 0 Å². The quantitative estimate of drug-likeness (QED) is 0.596. The van der Waals surface area contributed by atoms with E-state index in [0.29, 0.717) is 6.42 Å². The second kappa shape index (κ2) is 2.43. The summed E-state index contributed by atoms with van der Waals surface area (Å²) in [7, 11) is 0. The van der Waals surface area contributed by atoms with Gasteiger partial charge in [-0.25, -0.2) is 0 Å². The van der Waals surface area contributed by atoms with Gasteiger partial charge < -0.3 is 5.11 Å². The zero-order chi connectivity index (χ0) is 8.77. The van der Waals surface area contributed by atoms with E-state index in [9.17, 15) is 9.90 Å². The zero-order valence-electron chi connectivity index (χ0n) is 7.12. The third-order valence-electron chi connectivity index (χ3n) is 3.41. The molecule has 3 fully saturated rings. The van der Waals surface area contributed by atoms with Gasteiger partial charge in [-0.15, -0.1) is 6.58 Å². The highest BCUT2D eigenvalue weighted by Crippen LogP contribution is 2.49. The lowest BCUT2D eigenvalue weighted by molar-refractivity contribution is -0.140. The van der Waals surface area contributed by atoms with Gasteiger partial charge in [-0.1, -0.05) is 6.08 Å². The monoisotopic (exact) mass is 166 g/mol. The van der Waals surface area contributed by atoms with Crippen LogP contribution < -0.4 is 0 Å². The predicted octanol–water partition coefficient (Wildman–Crippen LogP) is 1.29. The molecule has 66 valence electrons. The van der Waals surface area contributed by atoms with Crippen LogP contribution >= 0.6 is 0 Å². The van der Waals surface area contributed by atoms with Crippen LogP contribution in [0.2, 0.25) is 0 Å². The van der Waals surface area contributed by atoms with Crippen molar-refractivity contribution in [3.8, 4) is 0 Å². The Labute approximate surface area is 72.3 Å². The molecule has 0 amide bonds. The fourth-order valence-corrected chi connectivity index (χ4v) is 2.57. The van der Waals surface area contributed by atoms with Crippen molar-refractivity contribution in [1.82, 2.24) is 0 Å². The molecule has 2 heteroatoms. The summed E-state index contributed by atoms with van der Waals surface area (Å²) >= 11 is 0. The predicted molar refractivity (Wildman–Crippen MR) is 45.6 cm³/mol. The van der Waals surface area contributed by atoms with Gasteiger partial charge in [0, 0.05) is 12.3 Å². The number of allylic oxidation sites excluding steroid dienone is 1. The Kier molecular flexibility index (Phi) is 1.62. The van der Waals surface area contributed by atoms with Gasteiger partial charge in [0.25, 0.3) is 0 Å². The highest BCUT2D eigenvalue weighted by molar-refractivity contribution is 5.84. The van der Waals surface area contributed by atoms with Crippen molar-refractivity contribution >= 4 is 5.78 Å². The molecule has 2 bridgehead atoms. The van der Waals surface area contributed by atoms with Crippen molar-refractivity contribution < 1.29 is 9.90 Å². The number of aliphatic hydroxyl groups excluding tert-OH is 1.